The summed E-state index contributed by atoms with van der Waals surface area (Å²) >= 11 is 6.03. The maximum Gasteiger partial charge on any atom is 0.228 e. The van der Waals surface area contributed by atoms with Crippen LogP contribution in [0.25, 0.3) is 0 Å². The van der Waals surface area contributed by atoms with Crippen molar-refractivity contribution in [1.29, 1.82) is 5.26 Å². The predicted molar refractivity (Wildman–Crippen MR) is 110 cm³/mol. The minimum absolute atomic E-state index is 0.139. The molecule has 1 amide bonds. The number of carbonyl (C=O) groups excluding carboxylic acids is 1. The molecule has 2 aliphatic heterocycles. The second kappa shape index (κ2) is 9.07. The first-order valence-corrected chi connectivity index (χ1v) is 10.0. The molecule has 1 N–H and O–H groups in total. The average molecular weight is 401 g/mol. The van der Waals surface area contributed by atoms with Crippen LogP contribution < -0.4 is 5.32 Å². The van der Waals surface area contributed by atoms with E-state index in [-0.39, 0.29) is 11.9 Å². The van der Waals surface area contributed by atoms with E-state index in [1.54, 1.807) is 5.01 Å². The highest BCUT2D eigenvalue weighted by molar-refractivity contribution is 6.30. The molecule has 28 heavy (non-hydrogen) atoms. The number of amides is 1. The molecule has 2 unspecified atom stereocenters. The van der Waals surface area contributed by atoms with Gasteiger partial charge in [0.25, 0.3) is 0 Å². The van der Waals surface area contributed by atoms with Gasteiger partial charge in [0.1, 0.15) is 0 Å². The largest absolute Gasteiger partial charge is 0.332 e. The van der Waals surface area contributed by atoms with E-state index in [2.05, 4.69) is 24.2 Å². The number of rotatable bonds is 5. The molecule has 3 rings (SSSR count). The molecule has 0 saturated carbocycles. The molecule has 2 heterocycles. The fraction of sp³-hybridized carbons (Fsp3) is 0.500. The van der Waals surface area contributed by atoms with Gasteiger partial charge >= 0.3 is 0 Å². The van der Waals surface area contributed by atoms with Gasteiger partial charge in [0.2, 0.25) is 11.9 Å². The molecular formula is C20H25ClN6O. The van der Waals surface area contributed by atoms with Crippen LogP contribution in [0.15, 0.2) is 34.4 Å². The average Bonchev–Trinajstić information content (AvgIpc) is 3.31. The molecule has 0 bridgehead atoms. The molecule has 0 aliphatic carbocycles. The second-order valence-corrected chi connectivity index (χ2v) is 7.63. The summed E-state index contributed by atoms with van der Waals surface area (Å²) in [5, 5.41) is 18.9. The first-order valence-electron chi connectivity index (χ1n) is 9.64. The zero-order chi connectivity index (χ0) is 20.1. The fourth-order valence-electron chi connectivity index (χ4n) is 3.34. The number of likely N-dealkylation sites (tertiary alicyclic amines) is 1. The van der Waals surface area contributed by atoms with Crippen molar-refractivity contribution < 1.29 is 4.79 Å². The van der Waals surface area contributed by atoms with Crippen LogP contribution in [0.1, 0.15) is 38.7 Å². The molecule has 1 aromatic rings. The van der Waals surface area contributed by atoms with Crippen molar-refractivity contribution in [2.45, 2.75) is 39.2 Å². The van der Waals surface area contributed by atoms with Crippen molar-refractivity contribution in [2.24, 2.45) is 16.0 Å². The summed E-state index contributed by atoms with van der Waals surface area (Å²) in [6, 6.07) is 7.27. The van der Waals surface area contributed by atoms with Gasteiger partial charge in [-0.2, -0.15) is 10.4 Å². The number of benzene rings is 1. The van der Waals surface area contributed by atoms with Gasteiger partial charge in [0.15, 0.2) is 6.19 Å². The third-order valence-electron chi connectivity index (χ3n) is 5.18. The van der Waals surface area contributed by atoms with Crippen LogP contribution in [0.2, 0.25) is 5.02 Å². The Balaban J connectivity index is 1.92. The molecule has 8 heteroatoms. The van der Waals surface area contributed by atoms with E-state index in [4.69, 9.17) is 22.0 Å². The molecule has 2 atom stereocenters. The standard InChI is InChI=1S/C20H25ClN6O/c1-3-14(2)11-23-20(24-13-22)27-12-17(26-10-4-5-18(26)28)19(25-27)15-6-8-16(21)9-7-15/h6-9,14,17H,3-5,10-12H2,1-2H3,(H,23,24). The number of aliphatic imine (C=N–C) groups is 1. The van der Waals surface area contributed by atoms with Gasteiger partial charge in [-0.15, -0.1) is 0 Å². The monoisotopic (exact) mass is 400 g/mol. The van der Waals surface area contributed by atoms with E-state index in [1.165, 1.54) is 0 Å². The lowest BCUT2D eigenvalue weighted by molar-refractivity contribution is -0.128. The number of nitrogens with zero attached hydrogens (tertiary/aromatic N) is 5. The number of hydrogen-bond donors (Lipinski definition) is 1. The van der Waals surface area contributed by atoms with E-state index in [9.17, 15) is 4.79 Å². The van der Waals surface area contributed by atoms with Gasteiger partial charge in [-0.3, -0.25) is 15.1 Å². The summed E-state index contributed by atoms with van der Waals surface area (Å²) in [7, 11) is 0. The minimum atomic E-state index is -0.175. The highest BCUT2D eigenvalue weighted by atomic mass is 35.5. The number of hydrazone groups is 1. The summed E-state index contributed by atoms with van der Waals surface area (Å²) in [6.07, 6.45) is 4.38. The van der Waals surface area contributed by atoms with Crippen molar-refractivity contribution in [3.05, 3.63) is 34.9 Å². The van der Waals surface area contributed by atoms with E-state index in [0.29, 0.717) is 36.4 Å². The first kappa shape index (κ1) is 20.2. The number of halogens is 1. The van der Waals surface area contributed by atoms with Crippen molar-refractivity contribution in [3.8, 4) is 6.19 Å². The summed E-state index contributed by atoms with van der Waals surface area (Å²) in [5.41, 5.74) is 1.71. The molecule has 1 fully saturated rings. The number of nitrogens with one attached hydrogen (secondary N) is 1. The number of hydrogen-bond acceptors (Lipinski definition) is 4. The third-order valence-corrected chi connectivity index (χ3v) is 5.43. The summed E-state index contributed by atoms with van der Waals surface area (Å²) in [4.78, 5) is 18.8. The quantitative estimate of drug-likeness (QED) is 0.356. The minimum Gasteiger partial charge on any atom is -0.332 e. The Hall–Kier alpha value is -2.59. The number of nitriles is 1. The van der Waals surface area contributed by atoms with E-state index >= 15 is 0 Å². The SMILES string of the molecule is CCC(C)CN=C(NC#N)N1CC(N2CCCC2=O)C(c2ccc(Cl)cc2)=N1. The van der Waals surface area contributed by atoms with Gasteiger partial charge in [-0.25, -0.2) is 5.01 Å². The Bertz CT molecular complexity index is 813. The highest BCUT2D eigenvalue weighted by Gasteiger charge is 2.38. The van der Waals surface area contributed by atoms with Crippen LogP contribution in [0.3, 0.4) is 0 Å². The Kier molecular flexibility index (Phi) is 6.53. The Morgan fingerprint density at radius 1 is 1.46 bits per heavy atom. The van der Waals surface area contributed by atoms with Crippen LogP contribution >= 0.6 is 11.6 Å². The zero-order valence-corrected chi connectivity index (χ0v) is 17.0. The van der Waals surface area contributed by atoms with E-state index in [0.717, 1.165) is 30.7 Å². The van der Waals surface area contributed by atoms with Gasteiger partial charge < -0.3 is 4.90 Å². The zero-order valence-electron chi connectivity index (χ0n) is 16.2. The van der Waals surface area contributed by atoms with Gasteiger partial charge in [0, 0.05) is 30.1 Å². The van der Waals surface area contributed by atoms with Crippen molar-refractivity contribution in [2.75, 3.05) is 19.6 Å². The van der Waals surface area contributed by atoms with Gasteiger partial charge in [0.05, 0.1) is 18.3 Å². The molecule has 0 aromatic heterocycles. The summed E-state index contributed by atoms with van der Waals surface area (Å²) < 4.78 is 0. The molecule has 1 saturated heterocycles. The highest BCUT2D eigenvalue weighted by Crippen LogP contribution is 2.24. The van der Waals surface area contributed by atoms with Crippen LogP contribution in [0.5, 0.6) is 0 Å². The molecule has 0 radical (unpaired) electrons. The van der Waals surface area contributed by atoms with Crippen LogP contribution in [-0.2, 0) is 4.79 Å². The smallest absolute Gasteiger partial charge is 0.228 e. The lowest BCUT2D eigenvalue weighted by atomic mass is 10.0. The normalized spacial score (nSPS) is 20.9. The third kappa shape index (κ3) is 4.45. The Labute approximate surface area is 170 Å². The predicted octanol–water partition coefficient (Wildman–Crippen LogP) is 2.82. The van der Waals surface area contributed by atoms with E-state index in [1.807, 2.05) is 35.4 Å². The van der Waals surface area contributed by atoms with Crippen molar-refractivity contribution in [3.63, 3.8) is 0 Å². The second-order valence-electron chi connectivity index (χ2n) is 7.20. The molecule has 1 aromatic carbocycles. The van der Waals surface area contributed by atoms with Gasteiger partial charge in [-0.05, 0) is 24.5 Å². The first-order chi connectivity index (χ1) is 13.5. The Morgan fingerprint density at radius 3 is 2.82 bits per heavy atom. The van der Waals surface area contributed by atoms with Crippen molar-refractivity contribution >= 4 is 29.2 Å². The Morgan fingerprint density at radius 2 is 2.21 bits per heavy atom. The van der Waals surface area contributed by atoms with Crippen LogP contribution in [0.4, 0.5) is 0 Å². The lowest BCUT2D eigenvalue weighted by Gasteiger charge is -2.25. The molecule has 0 spiro atoms. The number of carbonyl (C=O) groups is 1. The van der Waals surface area contributed by atoms with E-state index < -0.39 is 0 Å². The van der Waals surface area contributed by atoms with Crippen LogP contribution in [-0.4, -0.2) is 53.2 Å². The fourth-order valence-corrected chi connectivity index (χ4v) is 3.47. The van der Waals surface area contributed by atoms with Gasteiger partial charge in [-0.1, -0.05) is 44.0 Å². The summed E-state index contributed by atoms with van der Waals surface area (Å²) in [6.45, 7) is 6.02. The molecule has 2 aliphatic rings. The van der Waals surface area contributed by atoms with Crippen LogP contribution in [0, 0.1) is 17.4 Å². The molecule has 148 valence electrons. The number of guanidine groups is 1. The van der Waals surface area contributed by atoms with Crippen molar-refractivity contribution in [1.82, 2.24) is 15.2 Å². The summed E-state index contributed by atoms with van der Waals surface area (Å²) in [5.74, 6) is 0.969. The maximum absolute atomic E-state index is 12.4. The lowest BCUT2D eigenvalue weighted by Crippen LogP contribution is -2.45. The maximum atomic E-state index is 12.4. The molecule has 7 nitrogen and oxygen atoms in total. The topological polar surface area (TPSA) is 84.1 Å². The molecular weight excluding hydrogens is 376 g/mol.